The zero-order valence-corrected chi connectivity index (χ0v) is 6.29. The lowest BCUT2D eigenvalue weighted by atomic mass is 10.0. The highest BCUT2D eigenvalue weighted by molar-refractivity contribution is 4.93. The monoisotopic (exact) mass is 180 g/mol. The zero-order valence-electron chi connectivity index (χ0n) is 6.29. The Morgan fingerprint density at radius 1 is 1.50 bits per heavy atom. The van der Waals surface area contributed by atoms with E-state index in [2.05, 4.69) is 4.74 Å². The van der Waals surface area contributed by atoms with Gasteiger partial charge in [0.1, 0.15) is 18.3 Å². The maximum absolute atomic E-state index is 9.13. The van der Waals surface area contributed by atoms with Crippen molar-refractivity contribution in [3.05, 3.63) is 0 Å². The molecule has 1 aliphatic rings. The van der Waals surface area contributed by atoms with E-state index in [1.54, 1.807) is 0 Å². The van der Waals surface area contributed by atoms with E-state index < -0.39 is 30.7 Å². The molecule has 0 aromatic carbocycles. The molecule has 6 nitrogen and oxygen atoms in total. The minimum absolute atomic E-state index is 0.269. The quantitative estimate of drug-likeness (QED) is 0.286. The van der Waals surface area contributed by atoms with Gasteiger partial charge in [-0.2, -0.15) is 0 Å². The van der Waals surface area contributed by atoms with Gasteiger partial charge in [-0.3, -0.25) is 0 Å². The third-order valence-electron chi connectivity index (χ3n) is 1.88. The summed E-state index contributed by atoms with van der Waals surface area (Å²) in [5.41, 5.74) is 0. The Kier molecular flexibility index (Phi) is 2.67. The minimum atomic E-state index is -2.48. The highest BCUT2D eigenvalue weighted by Gasteiger charge is 2.51. The Morgan fingerprint density at radius 3 is 2.42 bits per heavy atom. The van der Waals surface area contributed by atoms with Crippen molar-refractivity contribution in [3.63, 3.8) is 0 Å². The Hall–Kier alpha value is -0.240. The molecule has 0 aromatic heterocycles. The van der Waals surface area contributed by atoms with Crippen LogP contribution in [0.15, 0.2) is 0 Å². The molecular weight excluding hydrogens is 168 g/mol. The first-order chi connectivity index (χ1) is 5.50. The van der Waals surface area contributed by atoms with Crippen LogP contribution in [0.1, 0.15) is 0 Å². The van der Waals surface area contributed by atoms with Crippen molar-refractivity contribution in [2.45, 2.75) is 24.1 Å². The van der Waals surface area contributed by atoms with E-state index >= 15 is 0 Å². The third kappa shape index (κ3) is 1.45. The van der Waals surface area contributed by atoms with Crippen LogP contribution in [0.4, 0.5) is 0 Å². The van der Waals surface area contributed by atoms with Crippen LogP contribution in [-0.4, -0.2) is 62.8 Å². The first-order valence-corrected chi connectivity index (χ1v) is 3.53. The molecule has 1 saturated heterocycles. The van der Waals surface area contributed by atoms with Crippen LogP contribution >= 0.6 is 0 Å². The van der Waals surface area contributed by atoms with Gasteiger partial charge in [0.2, 0.25) is 5.79 Å². The molecular formula is C6H12O6. The fraction of sp³-hybridized carbons (Fsp3) is 1.00. The molecule has 0 bridgehead atoms. The maximum atomic E-state index is 9.13. The lowest BCUT2D eigenvalue weighted by molar-refractivity contribution is -0.248. The van der Waals surface area contributed by atoms with Gasteiger partial charge in [0.05, 0.1) is 13.2 Å². The Bertz CT molecular complexity index is 158. The number of hydrogen-bond donors (Lipinski definition) is 5. The van der Waals surface area contributed by atoms with Gasteiger partial charge in [-0.1, -0.05) is 0 Å². The van der Waals surface area contributed by atoms with Crippen molar-refractivity contribution in [2.75, 3.05) is 13.2 Å². The van der Waals surface area contributed by atoms with Crippen molar-refractivity contribution >= 4 is 0 Å². The molecule has 0 aromatic rings. The van der Waals surface area contributed by atoms with E-state index in [1.165, 1.54) is 0 Å². The topological polar surface area (TPSA) is 110 Å². The molecule has 1 fully saturated rings. The summed E-state index contributed by atoms with van der Waals surface area (Å²) in [6, 6.07) is 0. The first-order valence-electron chi connectivity index (χ1n) is 3.53. The smallest absolute Gasteiger partial charge is 0.221 e. The first kappa shape index (κ1) is 9.85. The highest BCUT2D eigenvalue weighted by atomic mass is 16.6. The SMILES string of the molecule is OC[C@H](O)[C@H]1OC[C@H](O)C1(O)O. The molecule has 0 unspecified atom stereocenters. The molecule has 0 aliphatic carbocycles. The number of rotatable bonds is 2. The summed E-state index contributed by atoms with van der Waals surface area (Å²) in [6.45, 7) is -0.922. The second kappa shape index (κ2) is 3.25. The average molecular weight is 180 g/mol. The molecule has 3 atom stereocenters. The van der Waals surface area contributed by atoms with Crippen molar-refractivity contribution in [1.29, 1.82) is 0 Å². The van der Waals surface area contributed by atoms with Crippen LogP contribution in [0.5, 0.6) is 0 Å². The van der Waals surface area contributed by atoms with Gasteiger partial charge in [-0.25, -0.2) is 0 Å². The summed E-state index contributed by atoms with van der Waals surface area (Å²) in [4.78, 5) is 0. The van der Waals surface area contributed by atoms with Crippen LogP contribution in [0.2, 0.25) is 0 Å². The van der Waals surface area contributed by atoms with E-state index in [0.29, 0.717) is 0 Å². The lowest BCUT2D eigenvalue weighted by Gasteiger charge is -2.27. The molecule has 1 rings (SSSR count). The Balaban J connectivity index is 2.67. The molecule has 1 aliphatic heterocycles. The summed E-state index contributed by atoms with van der Waals surface area (Å²) in [5, 5.41) is 44.7. The summed E-state index contributed by atoms with van der Waals surface area (Å²) in [7, 11) is 0. The molecule has 0 saturated carbocycles. The Morgan fingerprint density at radius 2 is 2.08 bits per heavy atom. The largest absolute Gasteiger partial charge is 0.394 e. The van der Waals surface area contributed by atoms with Crippen LogP contribution in [0.3, 0.4) is 0 Å². The number of aliphatic hydroxyl groups excluding tert-OH is 3. The molecule has 72 valence electrons. The van der Waals surface area contributed by atoms with Crippen LogP contribution in [0.25, 0.3) is 0 Å². The standard InChI is InChI=1S/C6H12O6/c7-1-3(8)5-6(10,11)4(9)2-12-5/h3-5,7-11H,1-2H2/t3-,4-,5+/m0/s1. The molecule has 1 heterocycles. The van der Waals surface area contributed by atoms with Gasteiger partial charge in [-0.15, -0.1) is 0 Å². The van der Waals surface area contributed by atoms with Gasteiger partial charge in [0.25, 0.3) is 0 Å². The fourth-order valence-corrected chi connectivity index (χ4v) is 1.12. The van der Waals surface area contributed by atoms with Gasteiger partial charge < -0.3 is 30.3 Å². The molecule has 12 heavy (non-hydrogen) atoms. The van der Waals surface area contributed by atoms with Crippen molar-refractivity contribution < 1.29 is 30.3 Å². The van der Waals surface area contributed by atoms with Crippen molar-refractivity contribution in [2.24, 2.45) is 0 Å². The fourth-order valence-electron chi connectivity index (χ4n) is 1.12. The predicted molar refractivity (Wildman–Crippen MR) is 36.0 cm³/mol. The van der Waals surface area contributed by atoms with Crippen LogP contribution < -0.4 is 0 Å². The van der Waals surface area contributed by atoms with E-state index in [-0.39, 0.29) is 6.61 Å². The lowest BCUT2D eigenvalue weighted by Crippen LogP contribution is -2.52. The summed E-state index contributed by atoms with van der Waals surface area (Å²) >= 11 is 0. The van der Waals surface area contributed by atoms with E-state index in [1.807, 2.05) is 0 Å². The average Bonchev–Trinajstić information content (AvgIpc) is 2.27. The predicted octanol–water partition coefficient (Wildman–Crippen LogP) is -3.22. The zero-order chi connectivity index (χ0) is 9.35. The second-order valence-electron chi connectivity index (χ2n) is 2.80. The van der Waals surface area contributed by atoms with Gasteiger partial charge in [-0.05, 0) is 0 Å². The molecule has 0 radical (unpaired) electrons. The van der Waals surface area contributed by atoms with Gasteiger partial charge in [0, 0.05) is 0 Å². The normalized spacial score (nSPS) is 36.8. The van der Waals surface area contributed by atoms with Crippen LogP contribution in [-0.2, 0) is 4.74 Å². The molecule has 5 N–H and O–H groups in total. The summed E-state index contributed by atoms with van der Waals surface area (Å²) in [6.07, 6.45) is -4.22. The molecule has 6 heteroatoms. The molecule has 0 spiro atoms. The van der Waals surface area contributed by atoms with Crippen molar-refractivity contribution in [3.8, 4) is 0 Å². The highest BCUT2D eigenvalue weighted by Crippen LogP contribution is 2.25. The second-order valence-corrected chi connectivity index (χ2v) is 2.80. The van der Waals surface area contributed by atoms with E-state index in [4.69, 9.17) is 25.5 Å². The van der Waals surface area contributed by atoms with Crippen molar-refractivity contribution in [1.82, 2.24) is 0 Å². The number of aliphatic hydroxyl groups is 5. The van der Waals surface area contributed by atoms with Gasteiger partial charge >= 0.3 is 0 Å². The maximum Gasteiger partial charge on any atom is 0.221 e. The number of hydrogen-bond acceptors (Lipinski definition) is 6. The third-order valence-corrected chi connectivity index (χ3v) is 1.88. The van der Waals surface area contributed by atoms with Gasteiger partial charge in [0.15, 0.2) is 0 Å². The van der Waals surface area contributed by atoms with E-state index in [9.17, 15) is 0 Å². The molecule has 0 amide bonds. The Labute approximate surface area is 68.6 Å². The summed E-state index contributed by atoms with van der Waals surface area (Å²) < 4.78 is 4.67. The minimum Gasteiger partial charge on any atom is -0.394 e. The number of ether oxygens (including phenoxy) is 1. The summed E-state index contributed by atoms with van der Waals surface area (Å²) in [5.74, 6) is -2.48. The van der Waals surface area contributed by atoms with E-state index in [0.717, 1.165) is 0 Å². The van der Waals surface area contributed by atoms with Crippen LogP contribution in [0, 0.1) is 0 Å².